The van der Waals surface area contributed by atoms with E-state index in [4.69, 9.17) is 0 Å². The molecule has 0 saturated heterocycles. The second-order valence-electron chi connectivity index (χ2n) is 9.30. The third-order valence-corrected chi connectivity index (χ3v) is 7.55. The van der Waals surface area contributed by atoms with Crippen LogP contribution < -0.4 is 0 Å². The summed E-state index contributed by atoms with van der Waals surface area (Å²) >= 11 is 0. The molecule has 0 N–H and O–H groups in total. The van der Waals surface area contributed by atoms with Crippen molar-refractivity contribution in [2.75, 3.05) is 0 Å². The van der Waals surface area contributed by atoms with E-state index in [1.807, 2.05) is 0 Å². The first kappa shape index (κ1) is 18.1. The number of benzene rings is 8. The van der Waals surface area contributed by atoms with Crippen molar-refractivity contribution in [2.45, 2.75) is 0 Å². The predicted molar refractivity (Wildman–Crippen MR) is 148 cm³/mol. The van der Waals surface area contributed by atoms with Gasteiger partial charge in [-0.15, -0.1) is 0 Å². The zero-order valence-corrected chi connectivity index (χ0v) is 18.5. The lowest BCUT2D eigenvalue weighted by Crippen LogP contribution is -1.91. The van der Waals surface area contributed by atoms with Crippen LogP contribution in [-0.4, -0.2) is 0 Å². The largest absolute Gasteiger partial charge is 0.0622 e. The molecule has 0 nitrogen and oxygen atoms in total. The molecule has 0 fully saturated rings. The lowest BCUT2D eigenvalue weighted by molar-refractivity contribution is 1.67. The molecular weight excluding hydrogens is 408 g/mol. The summed E-state index contributed by atoms with van der Waals surface area (Å²) < 4.78 is 0. The summed E-state index contributed by atoms with van der Waals surface area (Å²) in [4.78, 5) is 0. The highest BCUT2D eigenvalue weighted by Crippen LogP contribution is 2.47. The lowest BCUT2D eigenvalue weighted by atomic mass is 9.84. The van der Waals surface area contributed by atoms with Crippen molar-refractivity contribution in [1.82, 2.24) is 0 Å². The van der Waals surface area contributed by atoms with Crippen LogP contribution in [0, 0.1) is 0 Å². The fraction of sp³-hybridized carbons (Fsp3) is 0. The van der Waals surface area contributed by atoms with Crippen molar-refractivity contribution in [1.29, 1.82) is 0 Å². The highest BCUT2D eigenvalue weighted by atomic mass is 14.2. The molecule has 0 radical (unpaired) electrons. The molecule has 0 aromatic heterocycles. The van der Waals surface area contributed by atoms with Crippen LogP contribution in [0.25, 0.3) is 75.8 Å². The minimum atomic E-state index is 1.26. The second-order valence-corrected chi connectivity index (χ2v) is 9.30. The molecule has 0 amide bonds. The lowest BCUT2D eigenvalue weighted by Gasteiger charge is -2.19. The monoisotopic (exact) mass is 428 g/mol. The maximum absolute atomic E-state index is 2.41. The van der Waals surface area contributed by atoms with Crippen LogP contribution in [-0.2, 0) is 0 Å². The van der Waals surface area contributed by atoms with E-state index in [2.05, 4.69) is 121 Å². The van der Waals surface area contributed by atoms with Gasteiger partial charge in [0.2, 0.25) is 0 Å². The Hall–Kier alpha value is -4.42. The van der Waals surface area contributed by atoms with E-state index in [0.29, 0.717) is 0 Å². The molecule has 0 aliphatic rings. The van der Waals surface area contributed by atoms with Gasteiger partial charge in [0.25, 0.3) is 0 Å². The van der Waals surface area contributed by atoms with Gasteiger partial charge >= 0.3 is 0 Å². The summed E-state index contributed by atoms with van der Waals surface area (Å²) in [5, 5.41) is 16.0. The topological polar surface area (TPSA) is 0 Å². The molecule has 0 heteroatoms. The van der Waals surface area contributed by atoms with Gasteiger partial charge in [0, 0.05) is 0 Å². The zero-order chi connectivity index (χ0) is 22.2. The average Bonchev–Trinajstić information content (AvgIpc) is 2.91. The molecule has 34 heavy (non-hydrogen) atoms. The zero-order valence-electron chi connectivity index (χ0n) is 18.5. The van der Waals surface area contributed by atoms with Crippen molar-refractivity contribution in [3.8, 4) is 11.1 Å². The normalized spacial score (nSPS) is 12.1. The van der Waals surface area contributed by atoms with E-state index in [9.17, 15) is 0 Å². The molecular formula is C34H20. The van der Waals surface area contributed by atoms with E-state index in [-0.39, 0.29) is 0 Å². The molecule has 0 spiro atoms. The Morgan fingerprint density at radius 1 is 0.294 bits per heavy atom. The Morgan fingerprint density at radius 2 is 0.853 bits per heavy atom. The fourth-order valence-corrected chi connectivity index (χ4v) is 6.14. The molecule has 8 aromatic rings. The summed E-state index contributed by atoms with van der Waals surface area (Å²) in [7, 11) is 0. The number of fused-ring (bicyclic) bond motifs is 6. The smallest absolute Gasteiger partial charge is 0.00137 e. The van der Waals surface area contributed by atoms with Crippen LogP contribution in [0.3, 0.4) is 0 Å². The van der Waals surface area contributed by atoms with Gasteiger partial charge in [-0.1, -0.05) is 109 Å². The van der Waals surface area contributed by atoms with Gasteiger partial charge in [-0.25, -0.2) is 0 Å². The maximum atomic E-state index is 2.41. The predicted octanol–water partition coefficient (Wildman–Crippen LogP) is 9.71. The van der Waals surface area contributed by atoms with Crippen molar-refractivity contribution in [3.63, 3.8) is 0 Å². The van der Waals surface area contributed by atoms with Gasteiger partial charge in [0.05, 0.1) is 0 Å². The molecule has 0 heterocycles. The molecule has 8 aromatic carbocycles. The molecule has 8 rings (SSSR count). The molecule has 0 aliphatic heterocycles. The fourth-order valence-electron chi connectivity index (χ4n) is 6.14. The van der Waals surface area contributed by atoms with Crippen LogP contribution in [0.4, 0.5) is 0 Å². The van der Waals surface area contributed by atoms with Crippen molar-refractivity contribution in [3.05, 3.63) is 121 Å². The summed E-state index contributed by atoms with van der Waals surface area (Å²) in [6.45, 7) is 0. The first-order valence-corrected chi connectivity index (χ1v) is 11.9. The molecule has 0 aliphatic carbocycles. The molecule has 0 saturated carbocycles. The van der Waals surface area contributed by atoms with E-state index < -0.39 is 0 Å². The van der Waals surface area contributed by atoms with Gasteiger partial charge in [-0.3, -0.25) is 0 Å². The summed E-state index contributed by atoms with van der Waals surface area (Å²) in [5.74, 6) is 0. The minimum Gasteiger partial charge on any atom is -0.0622 e. The van der Waals surface area contributed by atoms with Gasteiger partial charge in [-0.2, -0.15) is 0 Å². The highest BCUT2D eigenvalue weighted by molar-refractivity contribution is 6.40. The third-order valence-electron chi connectivity index (χ3n) is 7.55. The number of hydrogen-bond donors (Lipinski definition) is 0. The van der Waals surface area contributed by atoms with Crippen molar-refractivity contribution in [2.24, 2.45) is 0 Å². The van der Waals surface area contributed by atoms with Crippen LogP contribution in [0.15, 0.2) is 121 Å². The van der Waals surface area contributed by atoms with Crippen molar-refractivity contribution >= 4 is 64.6 Å². The Bertz CT molecular complexity index is 2050. The van der Waals surface area contributed by atoms with Gasteiger partial charge < -0.3 is 0 Å². The Labute approximate surface area is 197 Å². The summed E-state index contributed by atoms with van der Waals surface area (Å²) in [6, 6.07) is 44.7. The highest BCUT2D eigenvalue weighted by Gasteiger charge is 2.18. The van der Waals surface area contributed by atoms with Gasteiger partial charge in [0.15, 0.2) is 0 Å². The Balaban J connectivity index is 1.73. The molecule has 0 atom stereocenters. The Morgan fingerprint density at radius 3 is 1.65 bits per heavy atom. The van der Waals surface area contributed by atoms with Crippen LogP contribution >= 0.6 is 0 Å². The summed E-state index contributed by atoms with van der Waals surface area (Å²) in [5.41, 5.74) is 2.56. The molecule has 0 bridgehead atoms. The van der Waals surface area contributed by atoms with Gasteiger partial charge in [-0.05, 0) is 87.9 Å². The van der Waals surface area contributed by atoms with Crippen LogP contribution in [0.2, 0.25) is 0 Å². The van der Waals surface area contributed by atoms with E-state index in [1.165, 1.54) is 75.8 Å². The maximum Gasteiger partial charge on any atom is -0.00137 e. The number of hydrogen-bond acceptors (Lipinski definition) is 0. The molecule has 156 valence electrons. The van der Waals surface area contributed by atoms with Crippen LogP contribution in [0.5, 0.6) is 0 Å². The first-order valence-electron chi connectivity index (χ1n) is 11.9. The SMILES string of the molecule is c1ccc(-c2ccc3c4cc5ccccc5c5cccc(c6cc7ccccc7c2c36)c54)cc1. The van der Waals surface area contributed by atoms with E-state index in [1.54, 1.807) is 0 Å². The molecule has 0 unspecified atom stereocenters. The number of rotatable bonds is 1. The second kappa shape index (κ2) is 6.56. The summed E-state index contributed by atoms with van der Waals surface area (Å²) in [6.07, 6.45) is 0. The van der Waals surface area contributed by atoms with E-state index >= 15 is 0 Å². The quantitative estimate of drug-likeness (QED) is 0.180. The van der Waals surface area contributed by atoms with E-state index in [0.717, 1.165) is 0 Å². The minimum absolute atomic E-state index is 1.26. The first-order chi connectivity index (χ1) is 16.9. The average molecular weight is 429 g/mol. The van der Waals surface area contributed by atoms with Crippen molar-refractivity contribution < 1.29 is 0 Å². The standard InChI is InChI=1S/C34H20/c1-2-9-21(10-3-1)26-17-18-29-30-19-22-11-4-6-13-24(22)27-15-8-16-28(32(27)30)31-20-23-12-5-7-14-25(23)33(26)34(29)31/h1-20H. The van der Waals surface area contributed by atoms with Crippen LogP contribution in [0.1, 0.15) is 0 Å². The van der Waals surface area contributed by atoms with Gasteiger partial charge in [0.1, 0.15) is 0 Å². The third kappa shape index (κ3) is 2.27. The Kier molecular flexibility index (Phi) is 3.48.